The van der Waals surface area contributed by atoms with Crippen LogP contribution < -0.4 is 5.69 Å². The predicted octanol–water partition coefficient (Wildman–Crippen LogP) is 0.655. The molecule has 22 heavy (non-hydrogen) atoms. The molecule has 1 saturated heterocycles. The Morgan fingerprint density at radius 2 is 1.68 bits per heavy atom. The molecule has 0 radical (unpaired) electrons. The SMILES string of the molecule is CCN1CCN(C(=O)c2ccc3c(c2)n(C)c(=O)n3C)CC1. The van der Waals surface area contributed by atoms with E-state index >= 15 is 0 Å². The Morgan fingerprint density at radius 1 is 1.05 bits per heavy atom. The summed E-state index contributed by atoms with van der Waals surface area (Å²) >= 11 is 0. The zero-order valence-corrected chi connectivity index (χ0v) is 13.4. The van der Waals surface area contributed by atoms with Crippen molar-refractivity contribution in [2.75, 3.05) is 32.7 Å². The van der Waals surface area contributed by atoms with Gasteiger partial charge < -0.3 is 9.80 Å². The highest BCUT2D eigenvalue weighted by Gasteiger charge is 2.22. The van der Waals surface area contributed by atoms with Crippen LogP contribution in [0.15, 0.2) is 23.0 Å². The second kappa shape index (κ2) is 5.61. The molecule has 0 N–H and O–H groups in total. The van der Waals surface area contributed by atoms with Crippen LogP contribution in [0.2, 0.25) is 0 Å². The van der Waals surface area contributed by atoms with Gasteiger partial charge in [0.25, 0.3) is 5.91 Å². The highest BCUT2D eigenvalue weighted by atomic mass is 16.2. The number of imidazole rings is 1. The lowest BCUT2D eigenvalue weighted by molar-refractivity contribution is 0.0643. The molecule has 1 fully saturated rings. The summed E-state index contributed by atoms with van der Waals surface area (Å²) in [6, 6.07) is 5.49. The highest BCUT2D eigenvalue weighted by Crippen LogP contribution is 2.16. The second-order valence-corrected chi connectivity index (χ2v) is 5.83. The molecule has 0 atom stereocenters. The van der Waals surface area contributed by atoms with Crippen molar-refractivity contribution < 1.29 is 4.79 Å². The van der Waals surface area contributed by atoms with Crippen LogP contribution in [0.5, 0.6) is 0 Å². The van der Waals surface area contributed by atoms with E-state index in [1.165, 1.54) is 0 Å². The molecular formula is C16H22N4O2. The van der Waals surface area contributed by atoms with E-state index in [2.05, 4.69) is 11.8 Å². The van der Waals surface area contributed by atoms with Crippen LogP contribution in [0.4, 0.5) is 0 Å². The van der Waals surface area contributed by atoms with Crippen molar-refractivity contribution >= 4 is 16.9 Å². The molecular weight excluding hydrogens is 280 g/mol. The molecule has 0 unspecified atom stereocenters. The molecule has 118 valence electrons. The minimum atomic E-state index is -0.0730. The average Bonchev–Trinajstić information content (AvgIpc) is 2.78. The predicted molar refractivity (Wildman–Crippen MR) is 86.2 cm³/mol. The lowest BCUT2D eigenvalue weighted by atomic mass is 10.1. The molecule has 6 heteroatoms. The van der Waals surface area contributed by atoms with E-state index in [0.717, 1.165) is 43.8 Å². The van der Waals surface area contributed by atoms with Gasteiger partial charge in [-0.3, -0.25) is 13.9 Å². The van der Waals surface area contributed by atoms with E-state index in [9.17, 15) is 9.59 Å². The first kappa shape index (κ1) is 14.8. The number of amides is 1. The lowest BCUT2D eigenvalue weighted by Gasteiger charge is -2.34. The van der Waals surface area contributed by atoms with Gasteiger partial charge in [0, 0.05) is 45.8 Å². The zero-order valence-electron chi connectivity index (χ0n) is 13.4. The summed E-state index contributed by atoms with van der Waals surface area (Å²) in [5.41, 5.74) is 2.22. The minimum absolute atomic E-state index is 0.0500. The maximum atomic E-state index is 12.7. The number of carbonyl (C=O) groups is 1. The maximum Gasteiger partial charge on any atom is 0.328 e. The van der Waals surface area contributed by atoms with Gasteiger partial charge in [0.05, 0.1) is 11.0 Å². The number of likely N-dealkylation sites (N-methyl/N-ethyl adjacent to an activating group) is 1. The lowest BCUT2D eigenvalue weighted by Crippen LogP contribution is -2.48. The number of carbonyl (C=O) groups excluding carboxylic acids is 1. The molecule has 1 amide bonds. The molecule has 6 nitrogen and oxygen atoms in total. The molecule has 1 aromatic carbocycles. The van der Waals surface area contributed by atoms with Crippen molar-refractivity contribution in [2.24, 2.45) is 14.1 Å². The fourth-order valence-corrected chi connectivity index (χ4v) is 3.09. The van der Waals surface area contributed by atoms with Crippen LogP contribution in [-0.4, -0.2) is 57.6 Å². The van der Waals surface area contributed by atoms with Gasteiger partial charge in [-0.15, -0.1) is 0 Å². The summed E-state index contributed by atoms with van der Waals surface area (Å²) in [5.74, 6) is 0.0500. The molecule has 3 rings (SSSR count). The first-order chi connectivity index (χ1) is 10.5. The van der Waals surface area contributed by atoms with Crippen molar-refractivity contribution in [2.45, 2.75) is 6.92 Å². The quantitative estimate of drug-likeness (QED) is 0.819. The van der Waals surface area contributed by atoms with E-state index in [0.29, 0.717) is 5.56 Å². The number of piperazine rings is 1. The van der Waals surface area contributed by atoms with Gasteiger partial charge in [-0.2, -0.15) is 0 Å². The zero-order chi connectivity index (χ0) is 15.9. The topological polar surface area (TPSA) is 50.5 Å². The number of fused-ring (bicyclic) bond motifs is 1. The first-order valence-electron chi connectivity index (χ1n) is 7.70. The van der Waals surface area contributed by atoms with Crippen LogP contribution in [0.25, 0.3) is 11.0 Å². The van der Waals surface area contributed by atoms with Gasteiger partial charge in [-0.25, -0.2) is 4.79 Å². The number of hydrogen-bond acceptors (Lipinski definition) is 3. The van der Waals surface area contributed by atoms with Gasteiger partial charge in [-0.1, -0.05) is 6.92 Å². The molecule has 0 spiro atoms. The number of rotatable bonds is 2. The van der Waals surface area contributed by atoms with E-state index in [4.69, 9.17) is 0 Å². The number of benzene rings is 1. The molecule has 0 bridgehead atoms. The number of nitrogens with zero attached hydrogens (tertiary/aromatic N) is 4. The van der Waals surface area contributed by atoms with Crippen molar-refractivity contribution in [1.82, 2.24) is 18.9 Å². The smallest absolute Gasteiger partial charge is 0.328 e. The van der Waals surface area contributed by atoms with Crippen LogP contribution in [0.3, 0.4) is 0 Å². The fourth-order valence-electron chi connectivity index (χ4n) is 3.09. The third kappa shape index (κ3) is 2.33. The first-order valence-corrected chi connectivity index (χ1v) is 7.70. The number of aromatic nitrogens is 2. The summed E-state index contributed by atoms with van der Waals surface area (Å²) in [5, 5.41) is 0. The van der Waals surface area contributed by atoms with Gasteiger partial charge in [0.1, 0.15) is 0 Å². The third-order valence-electron chi connectivity index (χ3n) is 4.63. The Hall–Kier alpha value is -2.08. The molecule has 2 aromatic rings. The molecule has 0 saturated carbocycles. The number of aryl methyl sites for hydroxylation is 2. The standard InChI is InChI=1S/C16H22N4O2/c1-4-19-7-9-20(10-8-19)15(21)12-5-6-13-14(11-12)18(3)16(22)17(13)2/h5-6,11H,4,7-10H2,1-3H3. The molecule has 1 aromatic heterocycles. The summed E-state index contributed by atoms with van der Waals surface area (Å²) in [4.78, 5) is 28.9. The summed E-state index contributed by atoms with van der Waals surface area (Å²) in [6.45, 7) is 6.54. The molecule has 0 aliphatic carbocycles. The Balaban J connectivity index is 1.89. The van der Waals surface area contributed by atoms with E-state index in [1.54, 1.807) is 23.2 Å². The van der Waals surface area contributed by atoms with Crippen LogP contribution in [0, 0.1) is 0 Å². The van der Waals surface area contributed by atoms with Crippen molar-refractivity contribution in [1.29, 1.82) is 0 Å². The highest BCUT2D eigenvalue weighted by molar-refractivity contribution is 5.97. The van der Waals surface area contributed by atoms with Crippen LogP contribution >= 0.6 is 0 Å². The average molecular weight is 302 g/mol. The van der Waals surface area contributed by atoms with Gasteiger partial charge in [-0.05, 0) is 24.7 Å². The van der Waals surface area contributed by atoms with E-state index in [-0.39, 0.29) is 11.6 Å². The van der Waals surface area contributed by atoms with Crippen LogP contribution in [0.1, 0.15) is 17.3 Å². The Morgan fingerprint density at radius 3 is 2.32 bits per heavy atom. The maximum absolute atomic E-state index is 12.7. The van der Waals surface area contributed by atoms with Gasteiger partial charge >= 0.3 is 5.69 Å². The normalized spacial score (nSPS) is 16.4. The molecule has 1 aliphatic heterocycles. The Kier molecular flexibility index (Phi) is 3.78. The van der Waals surface area contributed by atoms with Crippen LogP contribution in [-0.2, 0) is 14.1 Å². The molecule has 1 aliphatic rings. The third-order valence-corrected chi connectivity index (χ3v) is 4.63. The van der Waals surface area contributed by atoms with Crippen molar-refractivity contribution in [3.05, 3.63) is 34.2 Å². The Bertz CT molecular complexity index is 766. The summed E-state index contributed by atoms with van der Waals surface area (Å²) in [6.07, 6.45) is 0. The second-order valence-electron chi connectivity index (χ2n) is 5.83. The van der Waals surface area contributed by atoms with E-state index in [1.807, 2.05) is 23.1 Å². The van der Waals surface area contributed by atoms with E-state index < -0.39 is 0 Å². The van der Waals surface area contributed by atoms with Gasteiger partial charge in [0.2, 0.25) is 0 Å². The fraction of sp³-hybridized carbons (Fsp3) is 0.500. The Labute approximate surface area is 129 Å². The van der Waals surface area contributed by atoms with Crippen molar-refractivity contribution in [3.63, 3.8) is 0 Å². The molecule has 2 heterocycles. The van der Waals surface area contributed by atoms with Gasteiger partial charge in [0.15, 0.2) is 0 Å². The monoisotopic (exact) mass is 302 g/mol. The largest absolute Gasteiger partial charge is 0.336 e. The minimum Gasteiger partial charge on any atom is -0.336 e. The summed E-state index contributed by atoms with van der Waals surface area (Å²) < 4.78 is 3.19. The summed E-state index contributed by atoms with van der Waals surface area (Å²) in [7, 11) is 3.48. The van der Waals surface area contributed by atoms with Crippen molar-refractivity contribution in [3.8, 4) is 0 Å². The number of hydrogen-bond donors (Lipinski definition) is 0.